The normalized spacial score (nSPS) is 10.4. The summed E-state index contributed by atoms with van der Waals surface area (Å²) >= 11 is 6.06. The number of benzene rings is 2. The van der Waals surface area contributed by atoms with E-state index in [1.165, 1.54) is 5.56 Å². The summed E-state index contributed by atoms with van der Waals surface area (Å²) in [6.07, 6.45) is 1.93. The summed E-state index contributed by atoms with van der Waals surface area (Å²) in [6.45, 7) is 1.59. The molecular formula is C18H21ClN2O. The molecule has 4 heteroatoms. The van der Waals surface area contributed by atoms with Gasteiger partial charge in [-0.2, -0.15) is 0 Å². The molecule has 22 heavy (non-hydrogen) atoms. The summed E-state index contributed by atoms with van der Waals surface area (Å²) in [5.41, 5.74) is 2.30. The van der Waals surface area contributed by atoms with E-state index >= 15 is 0 Å². The van der Waals surface area contributed by atoms with Crippen molar-refractivity contribution in [3.05, 3.63) is 70.7 Å². The van der Waals surface area contributed by atoms with Gasteiger partial charge in [0.15, 0.2) is 0 Å². The Morgan fingerprint density at radius 2 is 1.73 bits per heavy atom. The maximum absolute atomic E-state index is 11.7. The first-order valence-electron chi connectivity index (χ1n) is 7.50. The van der Waals surface area contributed by atoms with Crippen LogP contribution in [0.15, 0.2) is 54.6 Å². The van der Waals surface area contributed by atoms with Gasteiger partial charge in [0.25, 0.3) is 0 Å². The van der Waals surface area contributed by atoms with E-state index in [-0.39, 0.29) is 5.91 Å². The van der Waals surface area contributed by atoms with Crippen LogP contribution in [0.4, 0.5) is 0 Å². The van der Waals surface area contributed by atoms with Crippen LogP contribution in [0.5, 0.6) is 0 Å². The molecule has 0 bridgehead atoms. The summed E-state index contributed by atoms with van der Waals surface area (Å²) in [5, 5.41) is 6.74. The zero-order valence-corrected chi connectivity index (χ0v) is 13.3. The van der Waals surface area contributed by atoms with E-state index < -0.39 is 0 Å². The van der Waals surface area contributed by atoms with Gasteiger partial charge in [-0.05, 0) is 30.0 Å². The van der Waals surface area contributed by atoms with Crippen molar-refractivity contribution in [2.45, 2.75) is 19.4 Å². The van der Waals surface area contributed by atoms with Crippen molar-refractivity contribution >= 4 is 17.5 Å². The average molecular weight is 317 g/mol. The summed E-state index contributed by atoms with van der Waals surface area (Å²) in [6, 6.07) is 17.9. The molecule has 3 nitrogen and oxygen atoms in total. The van der Waals surface area contributed by atoms with Crippen molar-refractivity contribution < 1.29 is 4.79 Å². The molecule has 0 saturated carbocycles. The first kappa shape index (κ1) is 16.5. The predicted octanol–water partition coefficient (Wildman–Crippen LogP) is 3.18. The number of rotatable bonds is 8. The molecule has 116 valence electrons. The minimum atomic E-state index is 0.0140. The molecule has 2 rings (SSSR count). The zero-order valence-electron chi connectivity index (χ0n) is 12.5. The van der Waals surface area contributed by atoms with Gasteiger partial charge in [-0.1, -0.05) is 60.1 Å². The van der Waals surface area contributed by atoms with Crippen LogP contribution < -0.4 is 10.6 Å². The Balaban J connectivity index is 1.57. The molecule has 2 N–H and O–H groups in total. The molecule has 0 aliphatic carbocycles. The Hall–Kier alpha value is -1.84. The smallest absolute Gasteiger partial charge is 0.233 e. The Kier molecular flexibility index (Phi) is 6.94. The number of nitrogens with one attached hydrogen (secondary N) is 2. The lowest BCUT2D eigenvalue weighted by atomic mass is 10.1. The standard InChI is InChI=1S/C18H21ClN2O/c19-17-11-5-4-10-16(17)13-20-14-18(22)21-12-6-9-15-7-2-1-3-8-15/h1-5,7-8,10-11,20H,6,9,12-14H2,(H,21,22). The zero-order chi connectivity index (χ0) is 15.6. The van der Waals surface area contributed by atoms with Crippen molar-refractivity contribution in [2.24, 2.45) is 0 Å². The van der Waals surface area contributed by atoms with Crippen LogP contribution in [0.2, 0.25) is 5.02 Å². The Bertz CT molecular complexity index is 587. The monoisotopic (exact) mass is 316 g/mol. The molecule has 0 spiro atoms. The van der Waals surface area contributed by atoms with Crippen molar-refractivity contribution in [2.75, 3.05) is 13.1 Å². The van der Waals surface area contributed by atoms with E-state index in [1.807, 2.05) is 42.5 Å². The minimum Gasteiger partial charge on any atom is -0.355 e. The molecule has 0 aliphatic rings. The molecule has 2 aromatic rings. The summed E-state index contributed by atoms with van der Waals surface area (Å²) < 4.78 is 0. The molecule has 0 radical (unpaired) electrons. The number of aryl methyl sites for hydroxylation is 1. The van der Waals surface area contributed by atoms with Crippen LogP contribution in [-0.2, 0) is 17.8 Å². The number of hydrogen-bond donors (Lipinski definition) is 2. The molecule has 0 saturated heterocycles. The van der Waals surface area contributed by atoms with Gasteiger partial charge in [-0.25, -0.2) is 0 Å². The van der Waals surface area contributed by atoms with Gasteiger partial charge in [-0.3, -0.25) is 4.79 Å². The molecule has 0 unspecified atom stereocenters. The summed E-state index contributed by atoms with van der Waals surface area (Å²) in [4.78, 5) is 11.7. The second-order valence-corrected chi connectivity index (χ2v) is 5.54. The van der Waals surface area contributed by atoms with Gasteiger partial charge in [-0.15, -0.1) is 0 Å². The lowest BCUT2D eigenvalue weighted by molar-refractivity contribution is -0.120. The minimum absolute atomic E-state index is 0.0140. The van der Waals surface area contributed by atoms with Crippen LogP contribution in [0.1, 0.15) is 17.5 Å². The first-order valence-corrected chi connectivity index (χ1v) is 7.88. The molecular weight excluding hydrogens is 296 g/mol. The highest BCUT2D eigenvalue weighted by Gasteiger charge is 2.02. The molecule has 2 aromatic carbocycles. The highest BCUT2D eigenvalue weighted by atomic mass is 35.5. The third-order valence-electron chi connectivity index (χ3n) is 3.37. The first-order chi connectivity index (χ1) is 10.8. The van der Waals surface area contributed by atoms with Crippen LogP contribution >= 0.6 is 11.6 Å². The van der Waals surface area contributed by atoms with E-state index in [4.69, 9.17) is 11.6 Å². The van der Waals surface area contributed by atoms with E-state index in [2.05, 4.69) is 22.8 Å². The fourth-order valence-corrected chi connectivity index (χ4v) is 2.38. The van der Waals surface area contributed by atoms with E-state index in [0.717, 1.165) is 23.4 Å². The SMILES string of the molecule is O=C(CNCc1ccccc1Cl)NCCCc1ccccc1. The van der Waals surface area contributed by atoms with Crippen molar-refractivity contribution in [3.63, 3.8) is 0 Å². The highest BCUT2D eigenvalue weighted by molar-refractivity contribution is 6.31. The molecule has 0 aromatic heterocycles. The van der Waals surface area contributed by atoms with Crippen molar-refractivity contribution in [3.8, 4) is 0 Å². The second kappa shape index (κ2) is 9.23. The van der Waals surface area contributed by atoms with Crippen LogP contribution in [0, 0.1) is 0 Å². The van der Waals surface area contributed by atoms with E-state index in [9.17, 15) is 4.79 Å². The second-order valence-electron chi connectivity index (χ2n) is 5.13. The summed E-state index contributed by atoms with van der Waals surface area (Å²) in [5.74, 6) is 0.0140. The third-order valence-corrected chi connectivity index (χ3v) is 3.73. The van der Waals surface area contributed by atoms with Gasteiger partial charge >= 0.3 is 0 Å². The van der Waals surface area contributed by atoms with Crippen LogP contribution in [0.25, 0.3) is 0 Å². The quantitative estimate of drug-likeness (QED) is 0.734. The van der Waals surface area contributed by atoms with E-state index in [1.54, 1.807) is 0 Å². The number of amides is 1. The topological polar surface area (TPSA) is 41.1 Å². The van der Waals surface area contributed by atoms with Crippen LogP contribution in [0.3, 0.4) is 0 Å². The van der Waals surface area contributed by atoms with Gasteiger partial charge in [0.1, 0.15) is 0 Å². The number of carbonyl (C=O) groups is 1. The highest BCUT2D eigenvalue weighted by Crippen LogP contribution is 2.13. The predicted molar refractivity (Wildman–Crippen MR) is 90.9 cm³/mol. The molecule has 0 aliphatic heterocycles. The van der Waals surface area contributed by atoms with Crippen molar-refractivity contribution in [1.29, 1.82) is 0 Å². The lowest BCUT2D eigenvalue weighted by Crippen LogP contribution is -2.34. The van der Waals surface area contributed by atoms with Gasteiger partial charge in [0.05, 0.1) is 6.54 Å². The Morgan fingerprint density at radius 3 is 2.50 bits per heavy atom. The molecule has 0 atom stereocenters. The van der Waals surface area contributed by atoms with E-state index in [0.29, 0.717) is 19.6 Å². The number of carbonyl (C=O) groups excluding carboxylic acids is 1. The van der Waals surface area contributed by atoms with Gasteiger partial charge < -0.3 is 10.6 Å². The van der Waals surface area contributed by atoms with Crippen molar-refractivity contribution in [1.82, 2.24) is 10.6 Å². The largest absolute Gasteiger partial charge is 0.355 e. The lowest BCUT2D eigenvalue weighted by Gasteiger charge is -2.08. The molecule has 0 fully saturated rings. The third kappa shape index (κ3) is 5.88. The maximum atomic E-state index is 11.7. The Labute approximate surface area is 136 Å². The molecule has 0 heterocycles. The Morgan fingerprint density at radius 1 is 1.00 bits per heavy atom. The number of hydrogen-bond acceptors (Lipinski definition) is 2. The fraction of sp³-hybridized carbons (Fsp3) is 0.278. The number of halogens is 1. The maximum Gasteiger partial charge on any atom is 0.233 e. The fourth-order valence-electron chi connectivity index (χ4n) is 2.18. The summed E-state index contributed by atoms with van der Waals surface area (Å²) in [7, 11) is 0. The average Bonchev–Trinajstić information content (AvgIpc) is 2.54. The van der Waals surface area contributed by atoms with Gasteiger partial charge in [0, 0.05) is 18.1 Å². The molecule has 1 amide bonds. The van der Waals surface area contributed by atoms with Crippen LogP contribution in [-0.4, -0.2) is 19.0 Å². The van der Waals surface area contributed by atoms with Gasteiger partial charge in [0.2, 0.25) is 5.91 Å².